The van der Waals surface area contributed by atoms with E-state index < -0.39 is 21.0 Å². The van der Waals surface area contributed by atoms with Crippen molar-refractivity contribution in [3.05, 3.63) is 58.7 Å². The molecular weight excluding hydrogens is 386 g/mol. The Labute approximate surface area is 174 Å². The SMILES string of the molecule is COc1ccc(NC(=O)[C@H](C)S(=O)(=O)Cc2c(C)cc(C(C)(C)C)cc2C)cc1. The molecule has 2 aromatic carbocycles. The standard InChI is InChI=1S/C23H31NO4S/c1-15-12-18(23(4,5)6)13-16(2)21(15)14-29(26,27)17(3)22(25)24-19-8-10-20(28-7)11-9-19/h8-13,17H,14H2,1-7H3,(H,24,25)/t17-/m0/s1. The zero-order valence-electron chi connectivity index (χ0n) is 18.3. The van der Waals surface area contributed by atoms with Crippen molar-refractivity contribution in [2.75, 3.05) is 12.4 Å². The van der Waals surface area contributed by atoms with Gasteiger partial charge in [0.05, 0.1) is 12.9 Å². The zero-order valence-corrected chi connectivity index (χ0v) is 19.1. The number of hydrogen-bond acceptors (Lipinski definition) is 4. The van der Waals surface area contributed by atoms with Crippen LogP contribution in [0.1, 0.15) is 49.9 Å². The van der Waals surface area contributed by atoms with E-state index in [4.69, 9.17) is 4.74 Å². The first kappa shape index (κ1) is 22.9. The van der Waals surface area contributed by atoms with Crippen LogP contribution in [0.15, 0.2) is 36.4 Å². The molecule has 0 bridgehead atoms. The highest BCUT2D eigenvalue weighted by Crippen LogP contribution is 2.28. The summed E-state index contributed by atoms with van der Waals surface area (Å²) >= 11 is 0. The van der Waals surface area contributed by atoms with Crippen LogP contribution in [-0.4, -0.2) is 26.7 Å². The van der Waals surface area contributed by atoms with Crippen LogP contribution in [0.25, 0.3) is 0 Å². The van der Waals surface area contributed by atoms with Gasteiger partial charge in [-0.2, -0.15) is 0 Å². The van der Waals surface area contributed by atoms with E-state index in [1.54, 1.807) is 31.4 Å². The fourth-order valence-corrected chi connectivity index (χ4v) is 4.55. The lowest BCUT2D eigenvalue weighted by Gasteiger charge is -2.23. The molecule has 0 aliphatic rings. The monoisotopic (exact) mass is 417 g/mol. The van der Waals surface area contributed by atoms with E-state index in [-0.39, 0.29) is 11.2 Å². The average Bonchev–Trinajstić information content (AvgIpc) is 2.63. The van der Waals surface area contributed by atoms with E-state index in [1.165, 1.54) is 12.5 Å². The maximum atomic E-state index is 12.9. The Morgan fingerprint density at radius 2 is 1.59 bits per heavy atom. The highest BCUT2D eigenvalue weighted by atomic mass is 32.2. The van der Waals surface area contributed by atoms with Crippen LogP contribution in [0.5, 0.6) is 5.75 Å². The van der Waals surface area contributed by atoms with Crippen molar-refractivity contribution in [1.29, 1.82) is 0 Å². The lowest BCUT2D eigenvalue weighted by atomic mass is 9.84. The molecule has 0 fully saturated rings. The Morgan fingerprint density at radius 3 is 2.03 bits per heavy atom. The van der Waals surface area contributed by atoms with Gasteiger partial charge in [-0.3, -0.25) is 4.79 Å². The molecule has 6 heteroatoms. The smallest absolute Gasteiger partial charge is 0.242 e. The largest absolute Gasteiger partial charge is 0.497 e. The molecule has 0 radical (unpaired) electrons. The number of aryl methyl sites for hydroxylation is 2. The van der Waals surface area contributed by atoms with E-state index in [0.29, 0.717) is 11.4 Å². The van der Waals surface area contributed by atoms with Crippen LogP contribution in [0.3, 0.4) is 0 Å². The van der Waals surface area contributed by atoms with E-state index in [0.717, 1.165) is 16.7 Å². The molecule has 0 saturated heterocycles. The summed E-state index contributed by atoms with van der Waals surface area (Å²) in [7, 11) is -2.12. The second-order valence-electron chi connectivity index (χ2n) is 8.51. The first-order valence-corrected chi connectivity index (χ1v) is 11.3. The van der Waals surface area contributed by atoms with Gasteiger partial charge in [-0.1, -0.05) is 32.9 Å². The Hall–Kier alpha value is -2.34. The molecule has 0 aliphatic carbocycles. The quantitative estimate of drug-likeness (QED) is 0.748. The van der Waals surface area contributed by atoms with Crippen LogP contribution in [0.2, 0.25) is 0 Å². The Bertz CT molecular complexity index is 964. The van der Waals surface area contributed by atoms with Gasteiger partial charge in [0, 0.05) is 5.69 Å². The van der Waals surface area contributed by atoms with Crippen molar-refractivity contribution < 1.29 is 17.9 Å². The molecule has 0 spiro atoms. The van der Waals surface area contributed by atoms with E-state index in [9.17, 15) is 13.2 Å². The number of carbonyl (C=O) groups excluding carboxylic acids is 1. The molecule has 0 aliphatic heterocycles. The van der Waals surface area contributed by atoms with Crippen molar-refractivity contribution in [1.82, 2.24) is 0 Å². The third kappa shape index (κ3) is 5.60. The highest BCUT2D eigenvalue weighted by molar-refractivity contribution is 7.92. The average molecular weight is 418 g/mol. The molecule has 2 rings (SSSR count). The van der Waals surface area contributed by atoms with Crippen LogP contribution in [0.4, 0.5) is 5.69 Å². The summed E-state index contributed by atoms with van der Waals surface area (Å²) in [5, 5.41) is 1.51. The van der Waals surface area contributed by atoms with Crippen molar-refractivity contribution in [3.8, 4) is 5.75 Å². The number of rotatable bonds is 6. The minimum Gasteiger partial charge on any atom is -0.497 e. The number of anilines is 1. The summed E-state index contributed by atoms with van der Waals surface area (Å²) < 4.78 is 31.0. The second-order valence-corrected chi connectivity index (χ2v) is 10.8. The maximum absolute atomic E-state index is 12.9. The minimum atomic E-state index is -3.68. The van der Waals surface area contributed by atoms with Gasteiger partial charge in [0.1, 0.15) is 11.0 Å². The molecule has 1 amide bonds. The minimum absolute atomic E-state index is 0.0154. The van der Waals surface area contributed by atoms with Crippen molar-refractivity contribution in [2.24, 2.45) is 0 Å². The van der Waals surface area contributed by atoms with Gasteiger partial charge in [-0.05, 0) is 72.7 Å². The third-order valence-electron chi connectivity index (χ3n) is 5.17. The molecule has 0 saturated carbocycles. The topological polar surface area (TPSA) is 72.5 Å². The summed E-state index contributed by atoms with van der Waals surface area (Å²) in [6, 6.07) is 10.8. The Balaban J connectivity index is 2.20. The number of benzene rings is 2. The van der Waals surface area contributed by atoms with E-state index in [1.807, 2.05) is 26.0 Å². The number of hydrogen-bond donors (Lipinski definition) is 1. The molecule has 0 unspecified atom stereocenters. The number of nitrogens with one attached hydrogen (secondary N) is 1. The van der Waals surface area contributed by atoms with Crippen LogP contribution in [0, 0.1) is 13.8 Å². The zero-order chi connectivity index (χ0) is 22.0. The van der Waals surface area contributed by atoms with Crippen LogP contribution < -0.4 is 10.1 Å². The Kier molecular flexibility index (Phi) is 6.78. The molecule has 5 nitrogen and oxygen atoms in total. The van der Waals surface area contributed by atoms with E-state index in [2.05, 4.69) is 26.1 Å². The lowest BCUT2D eigenvalue weighted by molar-refractivity contribution is -0.115. The van der Waals surface area contributed by atoms with Gasteiger partial charge in [-0.25, -0.2) is 8.42 Å². The summed E-state index contributed by atoms with van der Waals surface area (Å²) in [5.74, 6) is -0.0446. The van der Waals surface area contributed by atoms with Gasteiger partial charge in [0.2, 0.25) is 5.91 Å². The number of carbonyl (C=O) groups is 1. The summed E-state index contributed by atoms with van der Waals surface area (Å²) in [4.78, 5) is 12.5. The number of sulfone groups is 1. The number of amides is 1. The maximum Gasteiger partial charge on any atom is 0.242 e. The fourth-order valence-electron chi connectivity index (χ4n) is 3.06. The third-order valence-corrected chi connectivity index (χ3v) is 7.16. The van der Waals surface area contributed by atoms with Gasteiger partial charge >= 0.3 is 0 Å². The van der Waals surface area contributed by atoms with Gasteiger partial charge in [-0.15, -0.1) is 0 Å². The predicted molar refractivity (Wildman–Crippen MR) is 118 cm³/mol. The molecule has 2 aromatic rings. The Morgan fingerprint density at radius 1 is 1.07 bits per heavy atom. The predicted octanol–water partition coefficient (Wildman–Crippen LogP) is 4.55. The molecular formula is C23H31NO4S. The summed E-state index contributed by atoms with van der Waals surface area (Å²) in [6.45, 7) is 11.7. The normalized spacial score (nSPS) is 13.1. The van der Waals surface area contributed by atoms with Crippen molar-refractivity contribution in [3.63, 3.8) is 0 Å². The summed E-state index contributed by atoms with van der Waals surface area (Å²) in [6.07, 6.45) is 0. The fraction of sp³-hybridized carbons (Fsp3) is 0.435. The first-order chi connectivity index (χ1) is 13.3. The number of methoxy groups -OCH3 is 1. The molecule has 0 heterocycles. The summed E-state index contributed by atoms with van der Waals surface area (Å²) in [5.41, 5.74) is 4.31. The van der Waals surface area contributed by atoms with Crippen molar-refractivity contribution >= 4 is 21.4 Å². The second kappa shape index (κ2) is 8.57. The molecule has 1 N–H and O–H groups in total. The number of ether oxygens (including phenoxy) is 1. The lowest BCUT2D eigenvalue weighted by Crippen LogP contribution is -2.33. The first-order valence-electron chi connectivity index (χ1n) is 9.62. The molecule has 158 valence electrons. The van der Waals surface area contributed by atoms with Gasteiger partial charge < -0.3 is 10.1 Å². The van der Waals surface area contributed by atoms with Crippen molar-refractivity contribution in [2.45, 2.75) is 58.0 Å². The van der Waals surface area contributed by atoms with Gasteiger partial charge in [0.25, 0.3) is 0 Å². The molecule has 0 aromatic heterocycles. The molecule has 29 heavy (non-hydrogen) atoms. The highest BCUT2D eigenvalue weighted by Gasteiger charge is 2.29. The van der Waals surface area contributed by atoms with Crippen LogP contribution >= 0.6 is 0 Å². The van der Waals surface area contributed by atoms with Crippen LogP contribution in [-0.2, 0) is 25.8 Å². The molecule has 1 atom stereocenters. The van der Waals surface area contributed by atoms with Gasteiger partial charge in [0.15, 0.2) is 9.84 Å². The van der Waals surface area contributed by atoms with E-state index >= 15 is 0 Å².